The van der Waals surface area contributed by atoms with Gasteiger partial charge in [-0.1, -0.05) is 32.0 Å². The Kier molecular flexibility index (Phi) is 4.38. The molecule has 0 saturated heterocycles. The van der Waals surface area contributed by atoms with Gasteiger partial charge in [0.05, 0.1) is 6.04 Å². The summed E-state index contributed by atoms with van der Waals surface area (Å²) in [7, 11) is 0. The second kappa shape index (κ2) is 6.04. The maximum atomic E-state index is 13.7. The third-order valence-electron chi connectivity index (χ3n) is 3.37. The van der Waals surface area contributed by atoms with Crippen molar-refractivity contribution in [2.24, 2.45) is 0 Å². The molecule has 0 saturated carbocycles. The van der Waals surface area contributed by atoms with Gasteiger partial charge in [0.1, 0.15) is 11.6 Å². The van der Waals surface area contributed by atoms with Gasteiger partial charge in [0.25, 0.3) is 0 Å². The molecule has 0 spiro atoms. The standard InChI is InChI=1S/C17H19F2N/c1-11(2)13-6-4-7-14(10-13)20-12(3)17-15(18)8-5-9-16(17)19/h4-12,20H,1-3H3. The summed E-state index contributed by atoms with van der Waals surface area (Å²) < 4.78 is 27.5. The maximum absolute atomic E-state index is 13.7. The van der Waals surface area contributed by atoms with Crippen LogP contribution in [-0.4, -0.2) is 0 Å². The quantitative estimate of drug-likeness (QED) is 0.802. The minimum atomic E-state index is -0.523. The molecule has 0 fully saturated rings. The van der Waals surface area contributed by atoms with Crippen LogP contribution in [0.25, 0.3) is 0 Å². The molecule has 1 N–H and O–H groups in total. The Hall–Kier alpha value is -1.90. The molecule has 2 aromatic carbocycles. The topological polar surface area (TPSA) is 12.0 Å². The lowest BCUT2D eigenvalue weighted by Crippen LogP contribution is -2.11. The Morgan fingerprint density at radius 1 is 0.900 bits per heavy atom. The van der Waals surface area contributed by atoms with Crippen LogP contribution < -0.4 is 5.32 Å². The van der Waals surface area contributed by atoms with E-state index in [1.54, 1.807) is 6.92 Å². The van der Waals surface area contributed by atoms with Crippen molar-refractivity contribution in [3.63, 3.8) is 0 Å². The molecule has 0 aliphatic rings. The van der Waals surface area contributed by atoms with Crippen molar-refractivity contribution in [2.45, 2.75) is 32.7 Å². The zero-order valence-electron chi connectivity index (χ0n) is 12.0. The van der Waals surface area contributed by atoms with Crippen LogP contribution in [-0.2, 0) is 0 Å². The van der Waals surface area contributed by atoms with Gasteiger partial charge in [-0.3, -0.25) is 0 Å². The van der Waals surface area contributed by atoms with E-state index in [9.17, 15) is 8.78 Å². The molecule has 20 heavy (non-hydrogen) atoms. The molecule has 2 rings (SSSR count). The fourth-order valence-corrected chi connectivity index (χ4v) is 2.23. The van der Waals surface area contributed by atoms with Crippen LogP contribution in [0, 0.1) is 11.6 Å². The summed E-state index contributed by atoms with van der Waals surface area (Å²) in [4.78, 5) is 0. The Labute approximate surface area is 118 Å². The Morgan fingerprint density at radius 2 is 1.50 bits per heavy atom. The van der Waals surface area contributed by atoms with Crippen molar-refractivity contribution in [3.05, 3.63) is 65.2 Å². The smallest absolute Gasteiger partial charge is 0.131 e. The maximum Gasteiger partial charge on any atom is 0.131 e. The second-order valence-electron chi connectivity index (χ2n) is 5.28. The van der Waals surface area contributed by atoms with Crippen molar-refractivity contribution in [3.8, 4) is 0 Å². The van der Waals surface area contributed by atoms with E-state index in [0.29, 0.717) is 5.92 Å². The molecule has 0 radical (unpaired) electrons. The van der Waals surface area contributed by atoms with Gasteiger partial charge in [-0.15, -0.1) is 0 Å². The van der Waals surface area contributed by atoms with E-state index in [4.69, 9.17) is 0 Å². The van der Waals surface area contributed by atoms with E-state index < -0.39 is 17.7 Å². The van der Waals surface area contributed by atoms with Crippen molar-refractivity contribution in [1.29, 1.82) is 0 Å². The van der Waals surface area contributed by atoms with Gasteiger partial charge in [0.2, 0.25) is 0 Å². The van der Waals surface area contributed by atoms with Crippen LogP contribution in [0.4, 0.5) is 14.5 Å². The van der Waals surface area contributed by atoms with Crippen molar-refractivity contribution in [2.75, 3.05) is 5.32 Å². The van der Waals surface area contributed by atoms with Crippen molar-refractivity contribution >= 4 is 5.69 Å². The minimum absolute atomic E-state index is 0.0717. The molecule has 2 aromatic rings. The van der Waals surface area contributed by atoms with Crippen LogP contribution >= 0.6 is 0 Å². The van der Waals surface area contributed by atoms with E-state index in [-0.39, 0.29) is 5.56 Å². The van der Waals surface area contributed by atoms with E-state index >= 15 is 0 Å². The Morgan fingerprint density at radius 3 is 2.10 bits per heavy atom. The number of halogens is 2. The number of anilines is 1. The van der Waals surface area contributed by atoms with Gasteiger partial charge >= 0.3 is 0 Å². The molecule has 0 heterocycles. The SMILES string of the molecule is CC(C)c1cccc(NC(C)c2c(F)cccc2F)c1. The van der Waals surface area contributed by atoms with Gasteiger partial charge in [-0.2, -0.15) is 0 Å². The lowest BCUT2D eigenvalue weighted by Gasteiger charge is -2.18. The molecule has 0 aromatic heterocycles. The molecule has 1 atom stereocenters. The fourth-order valence-electron chi connectivity index (χ4n) is 2.23. The van der Waals surface area contributed by atoms with Gasteiger partial charge in [-0.05, 0) is 42.7 Å². The third kappa shape index (κ3) is 3.16. The molecule has 0 aliphatic heterocycles. The van der Waals surface area contributed by atoms with E-state index in [1.165, 1.54) is 23.8 Å². The Bertz CT molecular complexity index is 573. The summed E-state index contributed by atoms with van der Waals surface area (Å²) in [6.45, 7) is 5.97. The van der Waals surface area contributed by atoms with Crippen molar-refractivity contribution in [1.82, 2.24) is 0 Å². The predicted octanol–water partition coefficient (Wildman–Crippen LogP) is 5.26. The Balaban J connectivity index is 2.23. The zero-order chi connectivity index (χ0) is 14.7. The highest BCUT2D eigenvalue weighted by atomic mass is 19.1. The molecule has 1 unspecified atom stereocenters. The third-order valence-corrected chi connectivity index (χ3v) is 3.37. The summed E-state index contributed by atoms with van der Waals surface area (Å²) in [6.07, 6.45) is 0. The summed E-state index contributed by atoms with van der Waals surface area (Å²) in [5.41, 5.74) is 2.13. The minimum Gasteiger partial charge on any atom is -0.378 e. The van der Waals surface area contributed by atoms with Gasteiger partial charge in [0.15, 0.2) is 0 Å². The van der Waals surface area contributed by atoms with Crippen LogP contribution in [0.5, 0.6) is 0 Å². The van der Waals surface area contributed by atoms with Gasteiger partial charge < -0.3 is 5.32 Å². The monoisotopic (exact) mass is 275 g/mol. The number of benzene rings is 2. The summed E-state index contributed by atoms with van der Waals surface area (Å²) in [6, 6.07) is 11.4. The van der Waals surface area contributed by atoms with Crippen LogP contribution in [0.15, 0.2) is 42.5 Å². The lowest BCUT2D eigenvalue weighted by molar-refractivity contribution is 0.544. The van der Waals surface area contributed by atoms with Crippen molar-refractivity contribution < 1.29 is 8.78 Å². The first-order chi connectivity index (χ1) is 9.49. The number of nitrogens with one attached hydrogen (secondary N) is 1. The van der Waals surface area contributed by atoms with Crippen LogP contribution in [0.2, 0.25) is 0 Å². The normalized spacial score (nSPS) is 12.5. The van der Waals surface area contributed by atoms with Crippen LogP contribution in [0.3, 0.4) is 0 Å². The molecule has 1 nitrogen and oxygen atoms in total. The summed E-state index contributed by atoms with van der Waals surface area (Å²) in [5, 5.41) is 3.16. The highest BCUT2D eigenvalue weighted by Crippen LogP contribution is 2.26. The van der Waals surface area contributed by atoms with Crippen LogP contribution in [0.1, 0.15) is 43.9 Å². The molecular weight excluding hydrogens is 256 g/mol. The zero-order valence-corrected chi connectivity index (χ0v) is 12.0. The molecular formula is C17H19F2N. The first-order valence-corrected chi connectivity index (χ1v) is 6.79. The average molecular weight is 275 g/mol. The van der Waals surface area contributed by atoms with Gasteiger partial charge in [0, 0.05) is 11.3 Å². The number of hydrogen-bond acceptors (Lipinski definition) is 1. The summed E-state index contributed by atoms with van der Waals surface area (Å²) in [5.74, 6) is -0.632. The summed E-state index contributed by atoms with van der Waals surface area (Å²) >= 11 is 0. The highest BCUT2D eigenvalue weighted by Gasteiger charge is 2.15. The molecule has 0 amide bonds. The number of rotatable bonds is 4. The average Bonchev–Trinajstić information content (AvgIpc) is 2.38. The highest BCUT2D eigenvalue weighted by molar-refractivity contribution is 5.48. The second-order valence-corrected chi connectivity index (χ2v) is 5.28. The fraction of sp³-hybridized carbons (Fsp3) is 0.294. The number of hydrogen-bond donors (Lipinski definition) is 1. The molecule has 0 aliphatic carbocycles. The predicted molar refractivity (Wildman–Crippen MR) is 78.9 cm³/mol. The first kappa shape index (κ1) is 14.5. The molecule has 3 heteroatoms. The van der Waals surface area contributed by atoms with E-state index in [0.717, 1.165) is 5.69 Å². The lowest BCUT2D eigenvalue weighted by atomic mass is 10.0. The largest absolute Gasteiger partial charge is 0.378 e. The van der Waals surface area contributed by atoms with E-state index in [1.807, 2.05) is 24.3 Å². The first-order valence-electron chi connectivity index (χ1n) is 6.79. The molecule has 0 bridgehead atoms. The van der Waals surface area contributed by atoms with E-state index in [2.05, 4.69) is 19.2 Å². The van der Waals surface area contributed by atoms with Gasteiger partial charge in [-0.25, -0.2) is 8.78 Å². The molecule has 106 valence electrons.